The Hall–Kier alpha value is -0.530. The minimum Gasteiger partial charge on any atom is -0.396 e. The number of unbranched alkanes of at least 4 members (excludes halogenated alkanes) is 1. The molecule has 2 heteroatoms. The molecule has 11 heavy (non-hydrogen) atoms. The van der Waals surface area contributed by atoms with Crippen LogP contribution >= 0.6 is 0 Å². The molecule has 63 valence electrons. The normalized spacial score (nSPS) is 18.6. The predicted molar refractivity (Wildman–Crippen MR) is 45.6 cm³/mol. The molecule has 2 nitrogen and oxygen atoms in total. The van der Waals surface area contributed by atoms with Crippen molar-refractivity contribution in [2.45, 2.75) is 39.0 Å². The summed E-state index contributed by atoms with van der Waals surface area (Å²) in [5, 5.41) is 3.78. The fraction of sp³-hybridized carbons (Fsp3) is 0.889. The van der Waals surface area contributed by atoms with Crippen molar-refractivity contribution in [2.24, 2.45) is 11.1 Å². The van der Waals surface area contributed by atoms with E-state index in [4.69, 9.17) is 4.84 Å². The van der Waals surface area contributed by atoms with Gasteiger partial charge in [-0.3, -0.25) is 0 Å². The van der Waals surface area contributed by atoms with Gasteiger partial charge in [0.15, 0.2) is 0 Å². The highest BCUT2D eigenvalue weighted by Gasteiger charge is 2.15. The van der Waals surface area contributed by atoms with Gasteiger partial charge in [0, 0.05) is 5.92 Å². The summed E-state index contributed by atoms with van der Waals surface area (Å²) in [7, 11) is 0. The molecule has 0 atom stereocenters. The average molecular weight is 154 g/mol. The van der Waals surface area contributed by atoms with E-state index in [0.29, 0.717) is 5.92 Å². The first-order valence-corrected chi connectivity index (χ1v) is 4.51. The van der Waals surface area contributed by atoms with E-state index in [1.54, 1.807) is 0 Å². The van der Waals surface area contributed by atoms with E-state index in [1.807, 2.05) is 0 Å². The molecular weight excluding hydrogens is 138 g/mol. The van der Waals surface area contributed by atoms with Gasteiger partial charge in [-0.2, -0.15) is 0 Å². The van der Waals surface area contributed by atoms with E-state index < -0.39 is 0 Å². The lowest BCUT2D eigenvalue weighted by Gasteiger charge is -2.18. The molecular formula is C9H16NO. The van der Waals surface area contributed by atoms with Gasteiger partial charge in [-0.1, -0.05) is 24.9 Å². The van der Waals surface area contributed by atoms with Crippen LogP contribution in [0.15, 0.2) is 5.16 Å². The highest BCUT2D eigenvalue weighted by Crippen LogP contribution is 2.23. The van der Waals surface area contributed by atoms with E-state index in [1.165, 1.54) is 25.7 Å². The molecule has 1 rings (SSSR count). The molecule has 0 spiro atoms. The van der Waals surface area contributed by atoms with Crippen LogP contribution in [0.4, 0.5) is 0 Å². The molecule has 1 aliphatic rings. The number of nitrogens with zero attached hydrogens (tertiary/aromatic N) is 1. The van der Waals surface area contributed by atoms with Crippen molar-refractivity contribution in [1.82, 2.24) is 0 Å². The summed E-state index contributed by atoms with van der Waals surface area (Å²) in [5.41, 5.74) is 0. The first-order valence-electron chi connectivity index (χ1n) is 4.51. The van der Waals surface area contributed by atoms with Gasteiger partial charge in [0.25, 0.3) is 0 Å². The van der Waals surface area contributed by atoms with Crippen molar-refractivity contribution in [2.75, 3.05) is 6.61 Å². The minimum atomic E-state index is 0.594. The smallest absolute Gasteiger partial charge is 0.117 e. The molecule has 0 aromatic heterocycles. The molecule has 0 bridgehead atoms. The zero-order chi connectivity index (χ0) is 7.94. The Morgan fingerprint density at radius 1 is 1.55 bits per heavy atom. The summed E-state index contributed by atoms with van der Waals surface area (Å²) in [6.07, 6.45) is 9.08. The van der Waals surface area contributed by atoms with Crippen LogP contribution in [0.5, 0.6) is 0 Å². The molecule has 0 aromatic carbocycles. The third kappa shape index (κ3) is 3.40. The van der Waals surface area contributed by atoms with Crippen LogP contribution in [0, 0.1) is 5.92 Å². The molecule has 0 unspecified atom stereocenters. The molecule has 0 saturated heterocycles. The topological polar surface area (TPSA) is 21.6 Å². The van der Waals surface area contributed by atoms with Crippen LogP contribution in [0.2, 0.25) is 0 Å². The van der Waals surface area contributed by atoms with Crippen molar-refractivity contribution in [3.8, 4) is 0 Å². The molecule has 1 radical (unpaired) electrons. The van der Waals surface area contributed by atoms with Gasteiger partial charge in [0.1, 0.15) is 12.8 Å². The Morgan fingerprint density at radius 3 is 2.91 bits per heavy atom. The lowest BCUT2D eigenvalue weighted by molar-refractivity contribution is 0.140. The number of hydrogen-bond donors (Lipinski definition) is 0. The van der Waals surface area contributed by atoms with E-state index >= 15 is 0 Å². The molecule has 0 aliphatic heterocycles. The predicted octanol–water partition coefficient (Wildman–Crippen LogP) is 2.47. The van der Waals surface area contributed by atoms with Crippen LogP contribution < -0.4 is 0 Å². The van der Waals surface area contributed by atoms with Crippen LogP contribution in [-0.4, -0.2) is 12.8 Å². The number of rotatable bonds is 5. The Morgan fingerprint density at radius 2 is 2.36 bits per heavy atom. The largest absolute Gasteiger partial charge is 0.396 e. The monoisotopic (exact) mass is 154 g/mol. The third-order valence-electron chi connectivity index (χ3n) is 1.99. The Bertz CT molecular complexity index is 119. The van der Waals surface area contributed by atoms with E-state index in [9.17, 15) is 0 Å². The second-order valence-electron chi connectivity index (χ2n) is 3.03. The van der Waals surface area contributed by atoms with E-state index in [2.05, 4.69) is 18.3 Å². The minimum absolute atomic E-state index is 0.594. The maximum absolute atomic E-state index is 4.99. The van der Waals surface area contributed by atoms with Gasteiger partial charge in [-0.15, -0.1) is 0 Å². The van der Waals surface area contributed by atoms with Gasteiger partial charge in [-0.05, 0) is 19.3 Å². The second-order valence-corrected chi connectivity index (χ2v) is 3.03. The van der Waals surface area contributed by atoms with Gasteiger partial charge in [0.2, 0.25) is 0 Å². The molecule has 0 heterocycles. The summed E-state index contributed by atoms with van der Waals surface area (Å²) in [5.74, 6) is 0.594. The lowest BCUT2D eigenvalue weighted by Crippen LogP contribution is -2.11. The molecule has 1 aliphatic carbocycles. The lowest BCUT2D eigenvalue weighted by atomic mass is 9.87. The quantitative estimate of drug-likeness (QED) is 0.338. The summed E-state index contributed by atoms with van der Waals surface area (Å²) in [4.78, 5) is 4.99. The summed E-state index contributed by atoms with van der Waals surface area (Å²) >= 11 is 0. The maximum Gasteiger partial charge on any atom is 0.117 e. The van der Waals surface area contributed by atoms with Crippen molar-refractivity contribution >= 4 is 6.21 Å². The summed E-state index contributed by atoms with van der Waals surface area (Å²) in [6.45, 7) is 2.89. The SMILES string of the molecule is CCCCO/N=[C]\C1CCC1. The molecule has 0 aromatic rings. The standard InChI is InChI=1S/C9H16NO/c1-2-3-7-11-10-8-9-5-4-6-9/h9H,2-7H2,1H3. The van der Waals surface area contributed by atoms with E-state index in [-0.39, 0.29) is 0 Å². The zero-order valence-electron chi connectivity index (χ0n) is 7.18. The van der Waals surface area contributed by atoms with Crippen molar-refractivity contribution in [3.05, 3.63) is 0 Å². The zero-order valence-corrected chi connectivity index (χ0v) is 7.18. The molecule has 1 fully saturated rings. The van der Waals surface area contributed by atoms with Gasteiger partial charge >= 0.3 is 0 Å². The van der Waals surface area contributed by atoms with Crippen LogP contribution in [0.3, 0.4) is 0 Å². The molecule has 1 saturated carbocycles. The van der Waals surface area contributed by atoms with Crippen molar-refractivity contribution in [3.63, 3.8) is 0 Å². The van der Waals surface area contributed by atoms with Gasteiger partial charge < -0.3 is 4.84 Å². The van der Waals surface area contributed by atoms with Gasteiger partial charge in [-0.25, -0.2) is 0 Å². The van der Waals surface area contributed by atoms with E-state index in [0.717, 1.165) is 13.0 Å². The fourth-order valence-corrected chi connectivity index (χ4v) is 0.904. The van der Waals surface area contributed by atoms with Crippen LogP contribution in [-0.2, 0) is 4.84 Å². The summed E-state index contributed by atoms with van der Waals surface area (Å²) in [6, 6.07) is 0. The highest BCUT2D eigenvalue weighted by molar-refractivity contribution is 5.60. The average Bonchev–Trinajstić information content (AvgIpc) is 1.93. The first kappa shape index (κ1) is 8.57. The fourth-order valence-electron chi connectivity index (χ4n) is 0.904. The van der Waals surface area contributed by atoms with Crippen molar-refractivity contribution in [1.29, 1.82) is 0 Å². The van der Waals surface area contributed by atoms with Crippen LogP contribution in [0.1, 0.15) is 39.0 Å². The summed E-state index contributed by atoms with van der Waals surface area (Å²) < 4.78 is 0. The Kier molecular flexibility index (Phi) is 4.02. The second kappa shape index (κ2) is 5.16. The molecule has 0 amide bonds. The highest BCUT2D eigenvalue weighted by atomic mass is 16.6. The third-order valence-corrected chi connectivity index (χ3v) is 1.99. The Balaban J connectivity index is 1.88. The first-order chi connectivity index (χ1) is 5.43. The number of hydrogen-bond acceptors (Lipinski definition) is 2. The maximum atomic E-state index is 4.99. The van der Waals surface area contributed by atoms with Gasteiger partial charge in [0.05, 0.1) is 0 Å². The van der Waals surface area contributed by atoms with Crippen LogP contribution in [0.25, 0.3) is 0 Å². The van der Waals surface area contributed by atoms with Crippen molar-refractivity contribution < 1.29 is 4.84 Å². The molecule has 0 N–H and O–H groups in total. The Labute approximate surface area is 68.6 Å².